The Morgan fingerprint density at radius 1 is 0.930 bits per heavy atom. The van der Waals surface area contributed by atoms with E-state index < -0.39 is 49.2 Å². The van der Waals surface area contributed by atoms with Crippen molar-refractivity contribution in [2.24, 2.45) is 5.92 Å². The van der Waals surface area contributed by atoms with Crippen LogP contribution in [-0.4, -0.2) is 53.6 Å². The van der Waals surface area contributed by atoms with Crippen LogP contribution in [0.3, 0.4) is 0 Å². The molecule has 224 valence electrons. The molecule has 2 heterocycles. The van der Waals surface area contributed by atoms with Crippen molar-refractivity contribution >= 4 is 8.03 Å². The van der Waals surface area contributed by atoms with Crippen LogP contribution in [0.25, 0.3) is 0 Å². The summed E-state index contributed by atoms with van der Waals surface area (Å²) < 4.78 is 38.0. The molecule has 1 unspecified atom stereocenters. The summed E-state index contributed by atoms with van der Waals surface area (Å²) in [5.41, 5.74) is 0.601. The molecule has 0 amide bonds. The summed E-state index contributed by atoms with van der Waals surface area (Å²) in [5.74, 6) is 0.0833. The number of methoxy groups -OCH3 is 2. The molecular weight excluding hydrogens is 571 g/mol. The second kappa shape index (κ2) is 13.2. The molecule has 1 aliphatic heterocycles. The van der Waals surface area contributed by atoms with Crippen LogP contribution >= 0.6 is 8.03 Å². The predicted octanol–water partition coefficient (Wildman–Crippen LogP) is 4.13. The van der Waals surface area contributed by atoms with Crippen LogP contribution in [0.5, 0.6) is 5.75 Å². The number of benzene rings is 3. The summed E-state index contributed by atoms with van der Waals surface area (Å²) in [5, 5.41) is 0. The van der Waals surface area contributed by atoms with Gasteiger partial charge in [-0.1, -0.05) is 72.8 Å². The van der Waals surface area contributed by atoms with E-state index in [4.69, 9.17) is 18.9 Å². The summed E-state index contributed by atoms with van der Waals surface area (Å²) in [6.45, 7) is 1.56. The lowest BCUT2D eigenvalue weighted by Crippen LogP contribution is -2.39. The highest BCUT2D eigenvalue weighted by Crippen LogP contribution is 2.44. The molecule has 4 aromatic rings. The van der Waals surface area contributed by atoms with Crippen LogP contribution < -0.4 is 16.0 Å². The second-order valence-corrected chi connectivity index (χ2v) is 11.5. The summed E-state index contributed by atoms with van der Waals surface area (Å²) in [7, 11) is 0.487. The first-order valence-corrected chi connectivity index (χ1v) is 15.2. The van der Waals surface area contributed by atoms with E-state index in [1.54, 1.807) is 14.0 Å². The fourth-order valence-electron chi connectivity index (χ4n) is 5.76. The van der Waals surface area contributed by atoms with Gasteiger partial charge >= 0.3 is 13.7 Å². The zero-order chi connectivity index (χ0) is 30.6. The topological polar surface area (TPSA) is 129 Å². The number of hydrogen-bond donors (Lipinski definition) is 2. The van der Waals surface area contributed by atoms with Crippen molar-refractivity contribution < 1.29 is 28.4 Å². The van der Waals surface area contributed by atoms with E-state index in [-0.39, 0.29) is 12.8 Å². The third-order valence-corrected chi connectivity index (χ3v) is 8.61. The third kappa shape index (κ3) is 6.11. The maximum absolute atomic E-state index is 12.8. The number of rotatable bonds is 11. The Labute approximate surface area is 249 Å². The lowest BCUT2D eigenvalue weighted by Gasteiger charge is -2.37. The molecule has 5 rings (SSSR count). The van der Waals surface area contributed by atoms with Gasteiger partial charge in [-0.05, 0) is 40.3 Å². The molecule has 1 saturated heterocycles. The number of ether oxygens (including phenoxy) is 4. The molecule has 43 heavy (non-hydrogen) atoms. The van der Waals surface area contributed by atoms with E-state index in [1.165, 1.54) is 17.9 Å². The minimum absolute atomic E-state index is 0.0168. The fraction of sp³-hybridized carbons (Fsp3) is 0.312. The van der Waals surface area contributed by atoms with Crippen LogP contribution in [0.4, 0.5) is 0 Å². The monoisotopic (exact) mass is 605 g/mol. The summed E-state index contributed by atoms with van der Waals surface area (Å²) in [4.78, 5) is 37.1. The molecule has 1 aromatic heterocycles. The van der Waals surface area contributed by atoms with Crippen LogP contribution in [0.15, 0.2) is 101 Å². The molecule has 1 aliphatic rings. The number of nitrogens with zero attached hydrogens (tertiary/aromatic N) is 1. The quantitative estimate of drug-likeness (QED) is 0.193. The van der Waals surface area contributed by atoms with Gasteiger partial charge in [0.05, 0.1) is 25.7 Å². The minimum atomic E-state index is -2.58. The van der Waals surface area contributed by atoms with Crippen LogP contribution in [0.2, 0.25) is 0 Å². The first-order chi connectivity index (χ1) is 20.8. The van der Waals surface area contributed by atoms with Gasteiger partial charge in [-0.3, -0.25) is 14.3 Å². The highest BCUT2D eigenvalue weighted by molar-refractivity contribution is 7.38. The molecule has 0 saturated carbocycles. The van der Waals surface area contributed by atoms with Gasteiger partial charge in [0, 0.05) is 18.9 Å². The number of H-pyrrole nitrogens is 1. The maximum Gasteiger partial charge on any atom is 0.505 e. The lowest BCUT2D eigenvalue weighted by atomic mass is 9.80. The third-order valence-electron chi connectivity index (χ3n) is 7.88. The van der Waals surface area contributed by atoms with Gasteiger partial charge < -0.3 is 18.9 Å². The van der Waals surface area contributed by atoms with Gasteiger partial charge in [-0.2, -0.15) is 4.89 Å². The van der Waals surface area contributed by atoms with Crippen molar-refractivity contribution in [3.8, 4) is 5.75 Å². The second-order valence-electron chi connectivity index (χ2n) is 10.4. The van der Waals surface area contributed by atoms with Gasteiger partial charge in [0.2, 0.25) is 0 Å². The zero-order valence-corrected chi connectivity index (χ0v) is 25.0. The number of nitrogens with one attached hydrogen (secondary N) is 1. The molecule has 0 spiro atoms. The van der Waals surface area contributed by atoms with Crippen molar-refractivity contribution in [2.45, 2.75) is 31.0 Å². The van der Waals surface area contributed by atoms with Gasteiger partial charge in [-0.15, -0.1) is 0 Å². The molecule has 1 fully saturated rings. The van der Waals surface area contributed by atoms with Gasteiger partial charge in [-0.25, -0.2) is 4.79 Å². The molecule has 0 aliphatic carbocycles. The fourth-order valence-corrected chi connectivity index (χ4v) is 6.57. The van der Waals surface area contributed by atoms with Crippen molar-refractivity contribution in [1.29, 1.82) is 0 Å². The Bertz CT molecular complexity index is 1620. The standard InChI is InChI=1S/C32H33N2O8P/c1-21-18-34(31(36)33-29(21)35)30-28(40-3)26(20-43(37)38)27(42-30)19-41-32(22-10-6-4-7-11-22,23-12-8-5-9-13-23)24-14-16-25(39-2)17-15-24/h4-18,26-28,30H,19-20H2,1-3H3,(H-,33,35,36,37,38)/p+1/t26-,27-,28-,30-/m1/s1. The molecule has 11 heteroatoms. The number of aromatic nitrogens is 2. The molecule has 10 nitrogen and oxygen atoms in total. The van der Waals surface area contributed by atoms with E-state index in [1.807, 2.05) is 84.9 Å². The summed E-state index contributed by atoms with van der Waals surface area (Å²) in [6.07, 6.45) is -1.21. The summed E-state index contributed by atoms with van der Waals surface area (Å²) in [6, 6.07) is 27.2. The molecule has 3 aromatic carbocycles. The first-order valence-electron chi connectivity index (χ1n) is 13.8. The Balaban J connectivity index is 1.60. The Morgan fingerprint density at radius 2 is 1.51 bits per heavy atom. The maximum atomic E-state index is 12.8. The van der Waals surface area contributed by atoms with Crippen molar-refractivity contribution in [1.82, 2.24) is 9.55 Å². The first kappa shape index (κ1) is 30.5. The van der Waals surface area contributed by atoms with Gasteiger partial charge in [0.25, 0.3) is 5.56 Å². The normalized spacial score (nSPS) is 20.6. The molecule has 0 radical (unpaired) electrons. The van der Waals surface area contributed by atoms with E-state index in [9.17, 15) is 19.0 Å². The highest BCUT2D eigenvalue weighted by Gasteiger charge is 2.51. The van der Waals surface area contributed by atoms with E-state index in [0.717, 1.165) is 16.7 Å². The average molecular weight is 606 g/mol. The minimum Gasteiger partial charge on any atom is -0.497 e. The number of aromatic amines is 1. The highest BCUT2D eigenvalue weighted by atomic mass is 31.1. The molecule has 0 bridgehead atoms. The molecule has 2 N–H and O–H groups in total. The lowest BCUT2D eigenvalue weighted by molar-refractivity contribution is -0.0926. The molecule has 5 atom stereocenters. The van der Waals surface area contributed by atoms with Gasteiger partial charge in [0.1, 0.15) is 17.5 Å². The average Bonchev–Trinajstić information content (AvgIpc) is 3.36. The zero-order valence-electron chi connectivity index (χ0n) is 24.1. The largest absolute Gasteiger partial charge is 0.505 e. The predicted molar refractivity (Wildman–Crippen MR) is 161 cm³/mol. The Kier molecular flexibility index (Phi) is 9.34. The van der Waals surface area contributed by atoms with E-state index in [2.05, 4.69) is 4.98 Å². The number of aryl methyl sites for hydroxylation is 1. The van der Waals surface area contributed by atoms with Crippen LogP contribution in [0.1, 0.15) is 28.5 Å². The SMILES string of the molecule is COc1ccc(C(OC[C@H]2O[C@@H](n3cc(C)c(=O)[nH]c3=O)[C@H](OC)[C@@H]2C[P+](=O)O)(c2ccccc2)c2ccccc2)cc1. The van der Waals surface area contributed by atoms with Crippen molar-refractivity contribution in [2.75, 3.05) is 27.0 Å². The van der Waals surface area contributed by atoms with Crippen LogP contribution in [-0.2, 0) is 24.4 Å². The summed E-state index contributed by atoms with van der Waals surface area (Å²) >= 11 is 0. The molecular formula is C32H34N2O8P+. The smallest absolute Gasteiger partial charge is 0.497 e. The van der Waals surface area contributed by atoms with Crippen LogP contribution in [0, 0.1) is 12.8 Å². The van der Waals surface area contributed by atoms with Gasteiger partial charge in [0.15, 0.2) is 12.4 Å². The van der Waals surface area contributed by atoms with Crippen molar-refractivity contribution in [3.05, 3.63) is 134 Å². The Hall–Kier alpha value is -3.92. The van der Waals surface area contributed by atoms with E-state index in [0.29, 0.717) is 11.3 Å². The van der Waals surface area contributed by atoms with Crippen molar-refractivity contribution in [3.63, 3.8) is 0 Å². The Morgan fingerprint density at radius 3 is 2.05 bits per heavy atom. The van der Waals surface area contributed by atoms with E-state index >= 15 is 0 Å². The number of hydrogen-bond acceptors (Lipinski definition) is 7.